The second-order valence-electron chi connectivity index (χ2n) is 4.54. The molecule has 2 saturated carbocycles. The van der Waals surface area contributed by atoms with Crippen molar-refractivity contribution in [2.24, 2.45) is 17.3 Å². The van der Waals surface area contributed by atoms with Crippen LogP contribution in [0.4, 0.5) is 0 Å². The van der Waals surface area contributed by atoms with E-state index in [9.17, 15) is 4.79 Å². The quantitative estimate of drug-likeness (QED) is 0.383. The topological polar surface area (TPSA) is 26.3 Å². The van der Waals surface area contributed by atoms with Crippen molar-refractivity contribution in [3.05, 3.63) is 0 Å². The zero-order valence-corrected chi connectivity index (χ0v) is 9.08. The van der Waals surface area contributed by atoms with Gasteiger partial charge in [0.2, 0.25) is 0 Å². The van der Waals surface area contributed by atoms with Crippen molar-refractivity contribution in [2.75, 3.05) is 0 Å². The number of fused-ring (bicyclic) bond motifs is 1. The van der Waals surface area contributed by atoms with Crippen LogP contribution in [0.2, 0.25) is 0 Å². The van der Waals surface area contributed by atoms with E-state index in [1.54, 1.807) is 0 Å². The molecule has 5 atom stereocenters. The zero-order valence-electron chi connectivity index (χ0n) is 6.92. The summed E-state index contributed by atoms with van der Waals surface area (Å²) in [5.74, 6) is 1.35. The van der Waals surface area contributed by atoms with Gasteiger partial charge in [0.1, 0.15) is 6.10 Å². The average Bonchev–Trinajstić information content (AvgIpc) is 2.53. The van der Waals surface area contributed by atoms with Crippen molar-refractivity contribution >= 4 is 28.6 Å². The molecule has 12 heavy (non-hydrogen) atoms. The lowest BCUT2D eigenvalue weighted by atomic mass is 9.76. The maximum absolute atomic E-state index is 11.5. The Kier molecular flexibility index (Phi) is 1.26. The highest BCUT2D eigenvalue weighted by Crippen LogP contribution is 2.63. The van der Waals surface area contributed by atoms with Gasteiger partial charge in [-0.15, -0.1) is 0 Å². The van der Waals surface area contributed by atoms with Gasteiger partial charge in [-0.3, -0.25) is 4.79 Å². The lowest BCUT2D eigenvalue weighted by molar-refractivity contribution is -0.147. The molecule has 3 heteroatoms. The summed E-state index contributed by atoms with van der Waals surface area (Å²) in [7, 11) is 0. The molecule has 2 nitrogen and oxygen atoms in total. The molecule has 0 aromatic carbocycles. The molecule has 0 spiro atoms. The number of halogens is 1. The van der Waals surface area contributed by atoms with Gasteiger partial charge in [-0.2, -0.15) is 0 Å². The Morgan fingerprint density at radius 3 is 3.00 bits per heavy atom. The summed E-state index contributed by atoms with van der Waals surface area (Å²) in [4.78, 5) is 11.5. The Bertz CT molecular complexity index is 265. The maximum atomic E-state index is 11.5. The summed E-state index contributed by atoms with van der Waals surface area (Å²) >= 11 is 2.45. The van der Waals surface area contributed by atoms with Crippen LogP contribution >= 0.6 is 22.6 Å². The third-order valence-electron chi connectivity index (χ3n) is 3.93. The molecular weight excluding hydrogens is 267 g/mol. The first kappa shape index (κ1) is 7.59. The fourth-order valence-electron chi connectivity index (χ4n) is 3.24. The highest BCUT2D eigenvalue weighted by molar-refractivity contribution is 14.1. The zero-order chi connectivity index (χ0) is 8.51. The van der Waals surface area contributed by atoms with E-state index in [0.29, 0.717) is 9.84 Å². The molecule has 0 amide bonds. The molecule has 0 aromatic heterocycles. The van der Waals surface area contributed by atoms with Crippen molar-refractivity contribution in [1.82, 2.24) is 0 Å². The summed E-state index contributed by atoms with van der Waals surface area (Å²) in [5.41, 5.74) is -0.100. The van der Waals surface area contributed by atoms with Crippen LogP contribution in [0.25, 0.3) is 0 Å². The van der Waals surface area contributed by atoms with Crippen LogP contribution in [0.1, 0.15) is 19.8 Å². The van der Waals surface area contributed by atoms with Crippen molar-refractivity contribution in [3.63, 3.8) is 0 Å². The standard InChI is InChI=1S/C9H11IO2/c1-9-3-4-2-5(9)7(6(4)10)12-8(9)11/h4-7H,2-3H2,1H3/t4-,5+,6+,7-,9-/m0/s1. The largest absolute Gasteiger partial charge is 0.460 e. The molecule has 66 valence electrons. The Morgan fingerprint density at radius 1 is 1.67 bits per heavy atom. The highest BCUT2D eigenvalue weighted by Gasteiger charge is 2.67. The fraction of sp³-hybridized carbons (Fsp3) is 0.889. The minimum absolute atomic E-state index is 0.0687. The molecule has 3 aliphatic rings. The van der Waals surface area contributed by atoms with Gasteiger partial charge in [-0.05, 0) is 25.7 Å². The molecule has 3 fully saturated rings. The number of hydrogen-bond acceptors (Lipinski definition) is 2. The molecule has 0 unspecified atom stereocenters. The molecule has 0 N–H and O–H groups in total. The van der Waals surface area contributed by atoms with Crippen molar-refractivity contribution in [1.29, 1.82) is 0 Å². The first-order valence-electron chi connectivity index (χ1n) is 4.48. The van der Waals surface area contributed by atoms with Crippen molar-refractivity contribution < 1.29 is 9.53 Å². The summed E-state index contributed by atoms with van der Waals surface area (Å²) in [5, 5.41) is 0. The van der Waals surface area contributed by atoms with Gasteiger partial charge in [-0.25, -0.2) is 0 Å². The second-order valence-corrected chi connectivity index (χ2v) is 5.98. The lowest BCUT2D eigenvalue weighted by Gasteiger charge is -2.25. The van der Waals surface area contributed by atoms with Crippen LogP contribution in [0.5, 0.6) is 0 Å². The molecule has 1 aliphatic heterocycles. The number of hydrogen-bond donors (Lipinski definition) is 0. The molecule has 2 aliphatic carbocycles. The number of carbonyl (C=O) groups excluding carboxylic acids is 1. The van der Waals surface area contributed by atoms with E-state index < -0.39 is 0 Å². The molecule has 0 radical (unpaired) electrons. The van der Waals surface area contributed by atoms with Crippen molar-refractivity contribution in [3.8, 4) is 0 Å². The van der Waals surface area contributed by atoms with E-state index in [2.05, 4.69) is 29.5 Å². The minimum Gasteiger partial charge on any atom is -0.460 e. The number of carbonyl (C=O) groups is 1. The van der Waals surface area contributed by atoms with E-state index in [1.807, 2.05) is 0 Å². The Balaban J connectivity index is 2.09. The summed E-state index contributed by atoms with van der Waals surface area (Å²) in [6.07, 6.45) is 2.54. The first-order valence-corrected chi connectivity index (χ1v) is 5.72. The monoisotopic (exact) mass is 278 g/mol. The van der Waals surface area contributed by atoms with Crippen LogP contribution in [0, 0.1) is 17.3 Å². The summed E-state index contributed by atoms with van der Waals surface area (Å²) in [6, 6.07) is 0. The van der Waals surface area contributed by atoms with Gasteiger partial charge in [0.25, 0.3) is 0 Å². The summed E-state index contributed by atoms with van der Waals surface area (Å²) < 4.78 is 6.00. The minimum atomic E-state index is -0.100. The maximum Gasteiger partial charge on any atom is 0.312 e. The predicted octanol–water partition coefficient (Wildman–Crippen LogP) is 1.76. The number of ether oxygens (including phenoxy) is 1. The van der Waals surface area contributed by atoms with E-state index in [4.69, 9.17) is 4.74 Å². The number of rotatable bonds is 0. The van der Waals surface area contributed by atoms with Crippen LogP contribution in [0.3, 0.4) is 0 Å². The Hall–Kier alpha value is 0.200. The van der Waals surface area contributed by atoms with E-state index in [1.165, 1.54) is 6.42 Å². The van der Waals surface area contributed by atoms with Gasteiger partial charge in [-0.1, -0.05) is 22.6 Å². The van der Waals surface area contributed by atoms with E-state index in [-0.39, 0.29) is 17.5 Å². The number of esters is 1. The van der Waals surface area contributed by atoms with Gasteiger partial charge < -0.3 is 4.74 Å². The van der Waals surface area contributed by atoms with Crippen LogP contribution in [0.15, 0.2) is 0 Å². The van der Waals surface area contributed by atoms with Gasteiger partial charge >= 0.3 is 5.97 Å². The molecule has 1 saturated heterocycles. The van der Waals surface area contributed by atoms with E-state index >= 15 is 0 Å². The average molecular weight is 278 g/mol. The Morgan fingerprint density at radius 2 is 2.42 bits per heavy atom. The smallest absolute Gasteiger partial charge is 0.312 e. The number of alkyl halides is 1. The fourth-order valence-corrected chi connectivity index (χ4v) is 4.43. The lowest BCUT2D eigenvalue weighted by Crippen LogP contribution is -2.33. The molecule has 1 heterocycles. The first-order chi connectivity index (χ1) is 5.63. The highest BCUT2D eigenvalue weighted by atomic mass is 127. The normalized spacial score (nSPS) is 61.0. The molecular formula is C9H11IO2. The summed E-state index contributed by atoms with van der Waals surface area (Å²) in [6.45, 7) is 2.09. The van der Waals surface area contributed by atoms with Gasteiger partial charge in [0.05, 0.1) is 9.34 Å². The molecule has 3 rings (SSSR count). The van der Waals surface area contributed by atoms with Crippen molar-refractivity contribution in [2.45, 2.75) is 29.8 Å². The third kappa shape index (κ3) is 0.624. The van der Waals surface area contributed by atoms with Crippen LogP contribution in [-0.4, -0.2) is 16.0 Å². The van der Waals surface area contributed by atoms with Gasteiger partial charge in [0.15, 0.2) is 0 Å². The molecule has 2 bridgehead atoms. The van der Waals surface area contributed by atoms with E-state index in [0.717, 1.165) is 12.3 Å². The van der Waals surface area contributed by atoms with Crippen LogP contribution < -0.4 is 0 Å². The second kappa shape index (κ2) is 1.99. The van der Waals surface area contributed by atoms with Gasteiger partial charge in [0, 0.05) is 5.92 Å². The molecule has 0 aromatic rings. The Labute approximate surface area is 85.2 Å². The SMILES string of the molecule is C[C@]12C[C@@H]3C[C@@H]1[C@H](OC2=O)[C@@H]3I. The predicted molar refractivity (Wildman–Crippen MR) is 52.0 cm³/mol. The third-order valence-corrected chi connectivity index (χ3v) is 5.66. The van der Waals surface area contributed by atoms with Crippen LogP contribution in [-0.2, 0) is 9.53 Å².